The second-order valence-electron chi connectivity index (χ2n) is 4.25. The van der Waals surface area contributed by atoms with Gasteiger partial charge in [-0.15, -0.1) is 0 Å². The molecular formula is C13H13N3O2. The zero-order chi connectivity index (χ0) is 12.4. The second kappa shape index (κ2) is 4.52. The highest BCUT2D eigenvalue weighted by atomic mass is 16.5. The lowest BCUT2D eigenvalue weighted by Crippen LogP contribution is -2.37. The lowest BCUT2D eigenvalue weighted by molar-refractivity contribution is -0.122. The van der Waals surface area contributed by atoms with Crippen LogP contribution in [0.2, 0.25) is 0 Å². The van der Waals surface area contributed by atoms with Crippen LogP contribution in [0.4, 0.5) is 5.69 Å². The van der Waals surface area contributed by atoms with Crippen molar-refractivity contribution < 1.29 is 9.32 Å². The number of benzene rings is 1. The predicted molar refractivity (Wildman–Crippen MR) is 65.9 cm³/mol. The van der Waals surface area contributed by atoms with Crippen molar-refractivity contribution >= 4 is 11.6 Å². The lowest BCUT2D eigenvalue weighted by atomic mass is 10.1. The van der Waals surface area contributed by atoms with Gasteiger partial charge in [0.25, 0.3) is 0 Å². The van der Waals surface area contributed by atoms with E-state index in [-0.39, 0.29) is 11.9 Å². The molecule has 1 aromatic heterocycles. The van der Waals surface area contributed by atoms with Crippen molar-refractivity contribution in [1.82, 2.24) is 10.5 Å². The number of carbonyl (C=O) groups is 1. The molecule has 1 aliphatic rings. The van der Waals surface area contributed by atoms with Crippen LogP contribution in [0.3, 0.4) is 0 Å². The molecule has 0 radical (unpaired) electrons. The van der Waals surface area contributed by atoms with Gasteiger partial charge in [-0.3, -0.25) is 4.79 Å². The molecule has 1 atom stereocenters. The van der Waals surface area contributed by atoms with Crippen LogP contribution in [0.25, 0.3) is 0 Å². The Bertz CT molecular complexity index is 526. The van der Waals surface area contributed by atoms with Gasteiger partial charge >= 0.3 is 0 Å². The first-order valence-electron chi connectivity index (χ1n) is 5.84. The highest BCUT2D eigenvalue weighted by Crippen LogP contribution is 2.25. The van der Waals surface area contributed by atoms with Gasteiger partial charge in [-0.1, -0.05) is 23.4 Å². The van der Waals surface area contributed by atoms with Crippen molar-refractivity contribution in [3.63, 3.8) is 0 Å². The van der Waals surface area contributed by atoms with E-state index in [2.05, 4.69) is 15.8 Å². The standard InChI is InChI=1S/C13H13N3O2/c17-13(14-8-10-5-6-15-18-10)12-7-9-3-1-2-4-11(9)16-12/h1-6,12,16H,7-8H2,(H,14,17)/t12-/m0/s1. The number of nitrogens with one attached hydrogen (secondary N) is 2. The summed E-state index contributed by atoms with van der Waals surface area (Å²) in [5, 5.41) is 9.62. The van der Waals surface area contributed by atoms with Crippen LogP contribution in [0, 0.1) is 0 Å². The fourth-order valence-electron chi connectivity index (χ4n) is 2.09. The normalized spacial score (nSPS) is 17.0. The quantitative estimate of drug-likeness (QED) is 0.853. The summed E-state index contributed by atoms with van der Waals surface area (Å²) in [7, 11) is 0. The van der Waals surface area contributed by atoms with Gasteiger partial charge < -0.3 is 15.2 Å². The molecule has 3 rings (SSSR count). The van der Waals surface area contributed by atoms with Gasteiger partial charge in [0.15, 0.2) is 5.76 Å². The van der Waals surface area contributed by atoms with Crippen LogP contribution in [-0.2, 0) is 17.8 Å². The Labute approximate surface area is 104 Å². The number of aromatic nitrogens is 1. The van der Waals surface area contributed by atoms with E-state index in [0.717, 1.165) is 12.1 Å². The molecule has 5 nitrogen and oxygen atoms in total. The first kappa shape index (κ1) is 10.8. The molecule has 2 aromatic rings. The molecule has 5 heteroatoms. The van der Waals surface area contributed by atoms with E-state index in [1.165, 1.54) is 5.56 Å². The van der Waals surface area contributed by atoms with Gasteiger partial charge in [-0.05, 0) is 11.6 Å². The van der Waals surface area contributed by atoms with Gasteiger partial charge in [0.2, 0.25) is 5.91 Å². The third-order valence-electron chi connectivity index (χ3n) is 3.02. The summed E-state index contributed by atoms with van der Waals surface area (Å²) in [6.07, 6.45) is 2.28. The van der Waals surface area contributed by atoms with E-state index in [9.17, 15) is 4.79 Å². The molecular weight excluding hydrogens is 230 g/mol. The van der Waals surface area contributed by atoms with E-state index in [0.29, 0.717) is 12.3 Å². The average Bonchev–Trinajstić information content (AvgIpc) is 3.04. The monoisotopic (exact) mass is 243 g/mol. The molecule has 0 spiro atoms. The van der Waals surface area contributed by atoms with E-state index in [1.807, 2.05) is 24.3 Å². The molecule has 1 amide bonds. The Morgan fingerprint density at radius 3 is 3.11 bits per heavy atom. The largest absolute Gasteiger partial charge is 0.373 e. The molecule has 2 heterocycles. The van der Waals surface area contributed by atoms with Crippen molar-refractivity contribution in [2.24, 2.45) is 0 Å². The van der Waals surface area contributed by atoms with Crippen molar-refractivity contribution in [2.45, 2.75) is 19.0 Å². The molecule has 92 valence electrons. The molecule has 18 heavy (non-hydrogen) atoms. The Morgan fingerprint density at radius 1 is 1.44 bits per heavy atom. The van der Waals surface area contributed by atoms with Gasteiger partial charge in [0, 0.05) is 18.2 Å². The third-order valence-corrected chi connectivity index (χ3v) is 3.02. The molecule has 2 N–H and O–H groups in total. The van der Waals surface area contributed by atoms with Crippen molar-refractivity contribution in [2.75, 3.05) is 5.32 Å². The van der Waals surface area contributed by atoms with Crippen LogP contribution in [-0.4, -0.2) is 17.1 Å². The number of anilines is 1. The minimum atomic E-state index is -0.203. The van der Waals surface area contributed by atoms with Crippen LogP contribution in [0.1, 0.15) is 11.3 Å². The van der Waals surface area contributed by atoms with E-state index < -0.39 is 0 Å². The van der Waals surface area contributed by atoms with Crippen LogP contribution >= 0.6 is 0 Å². The summed E-state index contributed by atoms with van der Waals surface area (Å²) in [6.45, 7) is 0.368. The highest BCUT2D eigenvalue weighted by molar-refractivity contribution is 5.87. The molecule has 0 bridgehead atoms. The summed E-state index contributed by atoms with van der Waals surface area (Å²) >= 11 is 0. The number of hydrogen-bond acceptors (Lipinski definition) is 4. The van der Waals surface area contributed by atoms with Gasteiger partial charge in [-0.2, -0.15) is 0 Å². The number of nitrogens with zero attached hydrogens (tertiary/aromatic N) is 1. The maximum absolute atomic E-state index is 12.0. The molecule has 0 fully saturated rings. The lowest BCUT2D eigenvalue weighted by Gasteiger charge is -2.10. The summed E-state index contributed by atoms with van der Waals surface area (Å²) in [6, 6.07) is 9.49. The number of amides is 1. The van der Waals surface area contributed by atoms with E-state index >= 15 is 0 Å². The summed E-state index contributed by atoms with van der Waals surface area (Å²) in [4.78, 5) is 12.0. The zero-order valence-corrected chi connectivity index (χ0v) is 9.72. The predicted octanol–water partition coefficient (Wildman–Crippen LogP) is 1.33. The van der Waals surface area contributed by atoms with Crippen molar-refractivity contribution in [1.29, 1.82) is 0 Å². The minimum absolute atomic E-state index is 0.0254. The second-order valence-corrected chi connectivity index (χ2v) is 4.25. The fraction of sp³-hybridized carbons (Fsp3) is 0.231. The van der Waals surface area contributed by atoms with Gasteiger partial charge in [0.1, 0.15) is 6.04 Å². The number of carbonyl (C=O) groups excluding carboxylic acids is 1. The van der Waals surface area contributed by atoms with E-state index in [4.69, 9.17) is 4.52 Å². The summed E-state index contributed by atoms with van der Waals surface area (Å²) in [5.74, 6) is 0.626. The van der Waals surface area contributed by atoms with E-state index in [1.54, 1.807) is 12.3 Å². The zero-order valence-electron chi connectivity index (χ0n) is 9.72. The number of para-hydroxylation sites is 1. The smallest absolute Gasteiger partial charge is 0.243 e. The molecule has 0 saturated heterocycles. The maximum Gasteiger partial charge on any atom is 0.243 e. The van der Waals surface area contributed by atoms with Crippen molar-refractivity contribution in [3.05, 3.63) is 47.9 Å². The Morgan fingerprint density at radius 2 is 2.33 bits per heavy atom. The summed E-state index contributed by atoms with van der Waals surface area (Å²) in [5.41, 5.74) is 2.22. The topological polar surface area (TPSA) is 67.2 Å². The maximum atomic E-state index is 12.0. The molecule has 1 aliphatic heterocycles. The average molecular weight is 243 g/mol. The number of hydrogen-bond donors (Lipinski definition) is 2. The SMILES string of the molecule is O=C(NCc1ccno1)[C@@H]1Cc2ccccc2N1. The van der Waals surface area contributed by atoms with Crippen molar-refractivity contribution in [3.8, 4) is 0 Å². The van der Waals surface area contributed by atoms with Crippen LogP contribution < -0.4 is 10.6 Å². The van der Waals surface area contributed by atoms with Crippen LogP contribution in [0.15, 0.2) is 41.1 Å². The molecule has 0 unspecified atom stereocenters. The number of rotatable bonds is 3. The minimum Gasteiger partial charge on any atom is -0.373 e. The molecule has 0 aliphatic carbocycles. The highest BCUT2D eigenvalue weighted by Gasteiger charge is 2.25. The summed E-state index contributed by atoms with van der Waals surface area (Å²) < 4.78 is 4.92. The molecule has 1 aromatic carbocycles. The van der Waals surface area contributed by atoms with Gasteiger partial charge in [0.05, 0.1) is 12.7 Å². The Hall–Kier alpha value is -2.30. The first-order chi connectivity index (χ1) is 8.83. The first-order valence-corrected chi connectivity index (χ1v) is 5.84. The Balaban J connectivity index is 1.59. The number of fused-ring (bicyclic) bond motifs is 1. The Kier molecular flexibility index (Phi) is 2.72. The fourth-order valence-corrected chi connectivity index (χ4v) is 2.09. The van der Waals surface area contributed by atoms with Crippen LogP contribution in [0.5, 0.6) is 0 Å². The molecule has 0 saturated carbocycles. The third kappa shape index (κ3) is 2.07. The van der Waals surface area contributed by atoms with Gasteiger partial charge in [-0.25, -0.2) is 0 Å².